The lowest BCUT2D eigenvalue weighted by Gasteiger charge is -2.32. The molecule has 0 amide bonds. The average Bonchev–Trinajstić information content (AvgIpc) is 2.19. The molecule has 0 rings (SSSR count). The smallest absolute Gasteiger partial charge is 0.0589 e. The fourth-order valence-electron chi connectivity index (χ4n) is 1.67. The van der Waals surface area contributed by atoms with Crippen LogP contribution in [0.25, 0.3) is 0 Å². The maximum Gasteiger partial charge on any atom is 0.0589 e. The molecular weight excluding hydrogens is 176 g/mol. The van der Waals surface area contributed by atoms with Crippen molar-refractivity contribution in [3.05, 3.63) is 0 Å². The van der Waals surface area contributed by atoms with E-state index in [9.17, 15) is 0 Å². The van der Waals surface area contributed by atoms with E-state index >= 15 is 0 Å². The highest BCUT2D eigenvalue weighted by atomic mass is 16.5. The molecule has 3 nitrogen and oxygen atoms in total. The van der Waals surface area contributed by atoms with Crippen LogP contribution in [0.15, 0.2) is 0 Å². The molecule has 0 bridgehead atoms. The van der Waals surface area contributed by atoms with Crippen LogP contribution >= 0.6 is 0 Å². The number of rotatable bonds is 8. The van der Waals surface area contributed by atoms with E-state index in [2.05, 4.69) is 37.9 Å². The largest absolute Gasteiger partial charge is 0.383 e. The summed E-state index contributed by atoms with van der Waals surface area (Å²) in [4.78, 5) is 2.44. The minimum atomic E-state index is 0.539. The second-order valence-electron chi connectivity index (χ2n) is 3.71. The summed E-state index contributed by atoms with van der Waals surface area (Å²) in [6.45, 7) is 12.8. The van der Waals surface area contributed by atoms with Gasteiger partial charge in [-0.25, -0.2) is 0 Å². The van der Waals surface area contributed by atoms with E-state index in [1.54, 1.807) is 7.11 Å². The van der Waals surface area contributed by atoms with E-state index in [-0.39, 0.29) is 0 Å². The Labute approximate surface area is 88.8 Å². The summed E-state index contributed by atoms with van der Waals surface area (Å²) >= 11 is 0. The zero-order valence-electron chi connectivity index (χ0n) is 10.3. The summed E-state index contributed by atoms with van der Waals surface area (Å²) in [5.41, 5.74) is 0. The standard InChI is InChI=1S/C11H26N2O/c1-6-12-10(3)11(4)13(7-2)8-9-14-5/h10-12H,6-9H2,1-5H3. The lowest BCUT2D eigenvalue weighted by molar-refractivity contribution is 0.116. The van der Waals surface area contributed by atoms with Crippen molar-refractivity contribution in [2.45, 2.75) is 39.8 Å². The van der Waals surface area contributed by atoms with Crippen LogP contribution in [0, 0.1) is 0 Å². The van der Waals surface area contributed by atoms with Gasteiger partial charge in [-0.05, 0) is 26.9 Å². The molecule has 0 fully saturated rings. The molecule has 3 heteroatoms. The molecule has 1 N–H and O–H groups in total. The second kappa shape index (κ2) is 8.21. The molecule has 0 aromatic heterocycles. The van der Waals surface area contributed by atoms with Crippen LogP contribution in [0.2, 0.25) is 0 Å². The van der Waals surface area contributed by atoms with E-state index < -0.39 is 0 Å². The SMILES string of the molecule is CCNC(C)C(C)N(CC)CCOC. The molecule has 0 spiro atoms. The normalized spacial score (nSPS) is 15.9. The van der Waals surface area contributed by atoms with Gasteiger partial charge in [-0.3, -0.25) is 4.90 Å². The summed E-state index contributed by atoms with van der Waals surface area (Å²) in [7, 11) is 1.76. The van der Waals surface area contributed by atoms with Crippen molar-refractivity contribution in [1.29, 1.82) is 0 Å². The number of ether oxygens (including phenoxy) is 1. The van der Waals surface area contributed by atoms with Crippen LogP contribution < -0.4 is 5.32 Å². The van der Waals surface area contributed by atoms with Gasteiger partial charge in [0.15, 0.2) is 0 Å². The fraction of sp³-hybridized carbons (Fsp3) is 1.00. The zero-order chi connectivity index (χ0) is 11.0. The number of hydrogen-bond donors (Lipinski definition) is 1. The van der Waals surface area contributed by atoms with Crippen molar-refractivity contribution in [3.63, 3.8) is 0 Å². The monoisotopic (exact) mass is 202 g/mol. The van der Waals surface area contributed by atoms with Crippen LogP contribution in [0.1, 0.15) is 27.7 Å². The zero-order valence-corrected chi connectivity index (χ0v) is 10.3. The first kappa shape index (κ1) is 13.9. The van der Waals surface area contributed by atoms with E-state index in [1.165, 1.54) is 0 Å². The number of nitrogens with one attached hydrogen (secondary N) is 1. The first-order valence-corrected chi connectivity index (χ1v) is 5.63. The Morgan fingerprint density at radius 3 is 2.36 bits per heavy atom. The van der Waals surface area contributed by atoms with Gasteiger partial charge in [0.05, 0.1) is 6.61 Å². The molecule has 2 atom stereocenters. The van der Waals surface area contributed by atoms with Gasteiger partial charge in [0, 0.05) is 25.7 Å². The predicted octanol–water partition coefficient (Wildman–Crippen LogP) is 1.34. The van der Waals surface area contributed by atoms with E-state index in [4.69, 9.17) is 4.74 Å². The summed E-state index contributed by atoms with van der Waals surface area (Å²) in [5, 5.41) is 3.45. The van der Waals surface area contributed by atoms with Gasteiger partial charge in [-0.2, -0.15) is 0 Å². The lowest BCUT2D eigenvalue weighted by Crippen LogP contribution is -2.47. The topological polar surface area (TPSA) is 24.5 Å². The van der Waals surface area contributed by atoms with Crippen molar-refractivity contribution in [2.75, 3.05) is 33.4 Å². The van der Waals surface area contributed by atoms with Gasteiger partial charge in [0.2, 0.25) is 0 Å². The minimum absolute atomic E-state index is 0.539. The van der Waals surface area contributed by atoms with Crippen LogP contribution in [0.3, 0.4) is 0 Å². The number of methoxy groups -OCH3 is 1. The van der Waals surface area contributed by atoms with Gasteiger partial charge < -0.3 is 10.1 Å². The first-order chi connectivity index (χ1) is 6.67. The number of hydrogen-bond acceptors (Lipinski definition) is 3. The Balaban J connectivity index is 3.94. The molecule has 0 aliphatic rings. The van der Waals surface area contributed by atoms with E-state index in [0.29, 0.717) is 12.1 Å². The molecule has 0 aromatic rings. The predicted molar refractivity (Wildman–Crippen MR) is 61.7 cm³/mol. The van der Waals surface area contributed by atoms with Gasteiger partial charge >= 0.3 is 0 Å². The molecule has 0 aliphatic carbocycles. The number of nitrogens with zero attached hydrogens (tertiary/aromatic N) is 1. The maximum absolute atomic E-state index is 5.10. The molecule has 86 valence electrons. The highest BCUT2D eigenvalue weighted by molar-refractivity contribution is 4.76. The average molecular weight is 202 g/mol. The van der Waals surface area contributed by atoms with Crippen molar-refractivity contribution >= 4 is 0 Å². The molecule has 0 saturated heterocycles. The van der Waals surface area contributed by atoms with Gasteiger partial charge in [-0.1, -0.05) is 13.8 Å². The minimum Gasteiger partial charge on any atom is -0.383 e. The fourth-order valence-corrected chi connectivity index (χ4v) is 1.67. The van der Waals surface area contributed by atoms with Gasteiger partial charge in [0.1, 0.15) is 0 Å². The van der Waals surface area contributed by atoms with Crippen LogP contribution in [-0.4, -0.2) is 50.3 Å². The molecular formula is C11H26N2O. The highest BCUT2D eigenvalue weighted by Crippen LogP contribution is 2.03. The van der Waals surface area contributed by atoms with Crippen molar-refractivity contribution in [2.24, 2.45) is 0 Å². The Bertz CT molecular complexity index is 130. The molecule has 2 unspecified atom stereocenters. The van der Waals surface area contributed by atoms with Crippen molar-refractivity contribution in [3.8, 4) is 0 Å². The third-order valence-corrected chi connectivity index (χ3v) is 2.81. The maximum atomic E-state index is 5.10. The lowest BCUT2D eigenvalue weighted by atomic mass is 10.1. The molecule has 0 aliphatic heterocycles. The second-order valence-corrected chi connectivity index (χ2v) is 3.71. The van der Waals surface area contributed by atoms with Gasteiger partial charge in [-0.15, -0.1) is 0 Å². The molecule has 0 heterocycles. The Morgan fingerprint density at radius 2 is 1.93 bits per heavy atom. The van der Waals surface area contributed by atoms with E-state index in [1.807, 2.05) is 0 Å². The molecule has 0 aromatic carbocycles. The van der Waals surface area contributed by atoms with Crippen LogP contribution in [-0.2, 0) is 4.74 Å². The Kier molecular flexibility index (Phi) is 8.14. The highest BCUT2D eigenvalue weighted by Gasteiger charge is 2.17. The number of likely N-dealkylation sites (N-methyl/N-ethyl adjacent to an activating group) is 2. The summed E-state index contributed by atoms with van der Waals surface area (Å²) in [5.74, 6) is 0. The Morgan fingerprint density at radius 1 is 1.29 bits per heavy atom. The quantitative estimate of drug-likeness (QED) is 0.643. The Hall–Kier alpha value is -0.120. The van der Waals surface area contributed by atoms with Crippen molar-refractivity contribution < 1.29 is 4.74 Å². The molecule has 0 radical (unpaired) electrons. The third-order valence-electron chi connectivity index (χ3n) is 2.81. The van der Waals surface area contributed by atoms with Gasteiger partial charge in [0.25, 0.3) is 0 Å². The van der Waals surface area contributed by atoms with Crippen LogP contribution in [0.4, 0.5) is 0 Å². The summed E-state index contributed by atoms with van der Waals surface area (Å²) in [6.07, 6.45) is 0. The van der Waals surface area contributed by atoms with Crippen molar-refractivity contribution in [1.82, 2.24) is 10.2 Å². The molecule has 0 saturated carbocycles. The first-order valence-electron chi connectivity index (χ1n) is 5.63. The molecule has 14 heavy (non-hydrogen) atoms. The summed E-state index contributed by atoms with van der Waals surface area (Å²) < 4.78 is 5.10. The van der Waals surface area contributed by atoms with Crippen LogP contribution in [0.5, 0.6) is 0 Å². The third kappa shape index (κ3) is 4.94. The summed E-state index contributed by atoms with van der Waals surface area (Å²) in [6, 6.07) is 1.10. The van der Waals surface area contributed by atoms with E-state index in [0.717, 1.165) is 26.2 Å².